The molecule has 0 saturated carbocycles. The van der Waals surface area contributed by atoms with Gasteiger partial charge in [0, 0.05) is 89.4 Å². The van der Waals surface area contributed by atoms with Crippen molar-refractivity contribution in [3.05, 3.63) is 137 Å². The van der Waals surface area contributed by atoms with Gasteiger partial charge >= 0.3 is 0 Å². The molecule has 3 heterocycles. The zero-order chi connectivity index (χ0) is 60.2. The SMILES string of the molecule is COCOc1ccc(C2(C)COc3cc(OCOC)ccc3C2CCCCCCCCCN2CCNCC2)cc1.COCOc1ccc(C2(C)COc3cc(OCOC)ccc3C2CCCCCCCCCOS(=O)(=O)c2ccc(C)cc2)cc1. The van der Waals surface area contributed by atoms with Crippen molar-refractivity contribution in [2.45, 2.75) is 151 Å². The lowest BCUT2D eigenvalue weighted by Gasteiger charge is -2.43. The van der Waals surface area contributed by atoms with Crippen LogP contribution in [0.5, 0.6) is 34.5 Å². The number of piperazine rings is 1. The van der Waals surface area contributed by atoms with Crippen LogP contribution >= 0.6 is 0 Å². The molecule has 85 heavy (non-hydrogen) atoms. The van der Waals surface area contributed by atoms with Gasteiger partial charge in [0.2, 0.25) is 0 Å². The smallest absolute Gasteiger partial charge is 0.296 e. The number of rotatable bonds is 36. The Morgan fingerprint density at radius 3 is 1.32 bits per heavy atom. The molecule has 8 rings (SSSR count). The molecule has 0 aliphatic carbocycles. The Morgan fingerprint density at radius 2 is 0.882 bits per heavy atom. The first kappa shape index (κ1) is 67.1. The van der Waals surface area contributed by atoms with Gasteiger partial charge in [-0.3, -0.25) is 4.18 Å². The zero-order valence-corrected chi connectivity index (χ0v) is 52.8. The van der Waals surface area contributed by atoms with Crippen LogP contribution in [0.1, 0.15) is 156 Å². The highest BCUT2D eigenvalue weighted by molar-refractivity contribution is 7.86. The summed E-state index contributed by atoms with van der Waals surface area (Å²) in [6.07, 6.45) is 18.6. The van der Waals surface area contributed by atoms with E-state index in [1.165, 1.54) is 86.8 Å². The third-order valence-electron chi connectivity index (χ3n) is 17.1. The first-order valence-corrected chi connectivity index (χ1v) is 32.4. The summed E-state index contributed by atoms with van der Waals surface area (Å²) in [6, 6.07) is 35.8. The first-order chi connectivity index (χ1) is 41.4. The standard InChI is InChI=1S/C36H48O8S.C33H50N2O5/c1-28-13-20-32(21-14-28)45(37,38)44-23-11-9-7-5-6-8-10-12-34-33-22-19-31(43-27-40-4)24-35(33)41-25-36(34,2)29-15-17-30(18-16-29)42-26-39-3;1-33(27-12-14-28(15-13-27)39-25-36-2)24-38-32-23-29(40-26-37-3)16-17-30(32)31(33)11-9-7-5-4-6-8-10-20-35-21-18-34-19-22-35/h13-22,24,34H,5-12,23,25-27H2,1-4H3;12-17,23,31,34H,4-11,18-22,24-26H2,1-3H3. The lowest BCUT2D eigenvalue weighted by atomic mass is 9.66. The number of unbranched alkanes of at least 4 members (excludes halogenated alkanes) is 12. The second-order valence-corrected chi connectivity index (χ2v) is 25.0. The van der Waals surface area contributed by atoms with Crippen molar-refractivity contribution < 1.29 is 60.0 Å². The van der Waals surface area contributed by atoms with Crippen LogP contribution in [0.4, 0.5) is 0 Å². The number of benzene rings is 5. The van der Waals surface area contributed by atoms with Crippen molar-refractivity contribution in [1.29, 1.82) is 0 Å². The average Bonchev–Trinajstić information content (AvgIpc) is 1.21. The van der Waals surface area contributed by atoms with Gasteiger partial charge in [0.1, 0.15) is 34.5 Å². The number of hydrogen-bond acceptors (Lipinski definition) is 15. The van der Waals surface area contributed by atoms with Gasteiger partial charge in [-0.1, -0.05) is 145 Å². The lowest BCUT2D eigenvalue weighted by Crippen LogP contribution is -2.43. The molecule has 0 radical (unpaired) electrons. The number of hydrogen-bond donors (Lipinski definition) is 1. The Labute approximate surface area is 508 Å². The Hall–Kier alpha value is -5.43. The molecular weight excluding hydrogens is 1100 g/mol. The van der Waals surface area contributed by atoms with E-state index in [9.17, 15) is 8.42 Å². The number of methoxy groups -OCH3 is 4. The summed E-state index contributed by atoms with van der Waals surface area (Å²) in [4.78, 5) is 2.82. The molecular formula is C69H98N2O13S. The first-order valence-electron chi connectivity index (χ1n) is 31.0. The summed E-state index contributed by atoms with van der Waals surface area (Å²) in [5.41, 5.74) is 5.64. The van der Waals surface area contributed by atoms with E-state index in [-0.39, 0.29) is 55.4 Å². The predicted molar refractivity (Wildman–Crippen MR) is 334 cm³/mol. The fourth-order valence-electron chi connectivity index (χ4n) is 12.0. The lowest BCUT2D eigenvalue weighted by molar-refractivity contribution is 0.0504. The van der Waals surface area contributed by atoms with Crippen molar-refractivity contribution in [3.8, 4) is 34.5 Å². The van der Waals surface area contributed by atoms with Gasteiger partial charge in [-0.25, -0.2) is 0 Å². The van der Waals surface area contributed by atoms with Crippen LogP contribution in [-0.2, 0) is 44.1 Å². The van der Waals surface area contributed by atoms with Gasteiger partial charge in [0.25, 0.3) is 10.1 Å². The Kier molecular flexibility index (Phi) is 27.9. The molecule has 5 aromatic carbocycles. The Morgan fingerprint density at radius 1 is 0.494 bits per heavy atom. The number of fused-ring (bicyclic) bond motifs is 2. The van der Waals surface area contributed by atoms with Gasteiger partial charge < -0.3 is 57.6 Å². The third kappa shape index (κ3) is 20.3. The summed E-state index contributed by atoms with van der Waals surface area (Å²) in [5.74, 6) is 5.54. The van der Waals surface area contributed by atoms with Crippen LogP contribution in [0.15, 0.2) is 114 Å². The molecule has 0 bridgehead atoms. The van der Waals surface area contributed by atoms with Gasteiger partial charge in [0.05, 0.1) is 24.7 Å². The molecule has 4 unspecified atom stereocenters. The quantitative estimate of drug-likeness (QED) is 0.0230. The van der Waals surface area contributed by atoms with E-state index in [1.807, 2.05) is 55.5 Å². The summed E-state index contributed by atoms with van der Waals surface area (Å²) in [6.45, 7) is 14.8. The molecule has 0 amide bonds. The molecule has 15 nitrogen and oxygen atoms in total. The molecule has 16 heteroatoms. The van der Waals surface area contributed by atoms with E-state index in [2.05, 4.69) is 60.5 Å². The Balaban J connectivity index is 0.000000245. The van der Waals surface area contributed by atoms with Gasteiger partial charge in [-0.2, -0.15) is 8.42 Å². The summed E-state index contributed by atoms with van der Waals surface area (Å²) >= 11 is 0. The maximum absolute atomic E-state index is 12.4. The number of aryl methyl sites for hydroxylation is 1. The maximum Gasteiger partial charge on any atom is 0.296 e. The van der Waals surface area contributed by atoms with Gasteiger partial charge in [-0.05, 0) is 110 Å². The molecule has 1 saturated heterocycles. The van der Waals surface area contributed by atoms with E-state index in [1.54, 1.807) is 52.7 Å². The predicted octanol–water partition coefficient (Wildman–Crippen LogP) is 14.0. The van der Waals surface area contributed by atoms with E-state index in [0.29, 0.717) is 19.1 Å². The largest absolute Gasteiger partial charge is 0.492 e. The minimum absolute atomic E-state index is 0.133. The highest BCUT2D eigenvalue weighted by Crippen LogP contribution is 2.51. The van der Waals surface area contributed by atoms with E-state index in [4.69, 9.17) is 51.6 Å². The average molecular weight is 1200 g/mol. The topological polar surface area (TPSA) is 151 Å². The van der Waals surface area contributed by atoms with E-state index in [0.717, 1.165) is 111 Å². The summed E-state index contributed by atoms with van der Waals surface area (Å²) in [7, 11) is 2.80. The Bertz CT molecular complexity index is 2800. The van der Waals surface area contributed by atoms with Gasteiger partial charge in [-0.15, -0.1) is 0 Å². The van der Waals surface area contributed by atoms with Crippen molar-refractivity contribution in [2.24, 2.45) is 0 Å². The number of nitrogens with zero attached hydrogens (tertiary/aromatic N) is 1. The molecule has 5 aromatic rings. The fourth-order valence-corrected chi connectivity index (χ4v) is 13.0. The molecule has 0 spiro atoms. The summed E-state index contributed by atoms with van der Waals surface area (Å²) < 4.78 is 85.6. The highest BCUT2D eigenvalue weighted by Gasteiger charge is 2.44. The number of nitrogens with one attached hydrogen (secondary N) is 1. The van der Waals surface area contributed by atoms with Crippen LogP contribution in [0.3, 0.4) is 0 Å². The van der Waals surface area contributed by atoms with Crippen LogP contribution in [0.2, 0.25) is 0 Å². The molecule has 1 fully saturated rings. The second kappa shape index (κ2) is 35.4. The molecule has 1 N–H and O–H groups in total. The minimum Gasteiger partial charge on any atom is -0.492 e. The van der Waals surface area contributed by atoms with Crippen molar-refractivity contribution in [2.75, 3.05) is 108 Å². The van der Waals surface area contributed by atoms with E-state index >= 15 is 0 Å². The third-order valence-corrected chi connectivity index (χ3v) is 18.4. The molecule has 3 aliphatic rings. The summed E-state index contributed by atoms with van der Waals surface area (Å²) in [5, 5.41) is 3.44. The molecule has 0 aromatic heterocycles. The zero-order valence-electron chi connectivity index (χ0n) is 52.0. The van der Waals surface area contributed by atoms with Crippen LogP contribution in [-0.4, -0.2) is 121 Å². The van der Waals surface area contributed by atoms with Crippen LogP contribution in [0, 0.1) is 6.92 Å². The van der Waals surface area contributed by atoms with Crippen molar-refractivity contribution in [3.63, 3.8) is 0 Å². The highest BCUT2D eigenvalue weighted by atomic mass is 32.2. The second-order valence-electron chi connectivity index (χ2n) is 23.4. The fraction of sp³-hybridized carbons (Fsp3) is 0.565. The molecule has 3 aliphatic heterocycles. The van der Waals surface area contributed by atoms with Crippen LogP contribution in [0.25, 0.3) is 0 Å². The van der Waals surface area contributed by atoms with Crippen molar-refractivity contribution in [1.82, 2.24) is 10.2 Å². The molecule has 468 valence electrons. The van der Waals surface area contributed by atoms with E-state index < -0.39 is 10.1 Å². The maximum atomic E-state index is 12.4. The van der Waals surface area contributed by atoms with Crippen LogP contribution < -0.4 is 33.7 Å². The van der Waals surface area contributed by atoms with Crippen molar-refractivity contribution >= 4 is 10.1 Å². The minimum atomic E-state index is -3.69. The normalized spacial score (nSPS) is 19.3. The van der Waals surface area contributed by atoms with Gasteiger partial charge in [0.15, 0.2) is 27.2 Å². The monoisotopic (exact) mass is 1190 g/mol. The number of ether oxygens (including phenoxy) is 10. The molecule has 4 atom stereocenters.